The molecule has 21 heavy (non-hydrogen) atoms. The van der Waals surface area contributed by atoms with Crippen molar-refractivity contribution in [3.05, 3.63) is 0 Å². The van der Waals surface area contributed by atoms with Gasteiger partial charge in [0.1, 0.15) is 0 Å². The SMILES string of the molecule is C#N.CCCCCCCCCN1CCCC(CCCC)C1. The molecule has 0 aliphatic carbocycles. The summed E-state index contributed by atoms with van der Waals surface area (Å²) in [6.07, 6.45) is 17.3. The van der Waals surface area contributed by atoms with Crippen LogP contribution >= 0.6 is 0 Å². The van der Waals surface area contributed by atoms with E-state index in [0.717, 1.165) is 5.92 Å². The lowest BCUT2D eigenvalue weighted by Gasteiger charge is -2.32. The van der Waals surface area contributed by atoms with Crippen LogP contribution < -0.4 is 0 Å². The van der Waals surface area contributed by atoms with Gasteiger partial charge in [-0.15, -0.1) is 0 Å². The minimum absolute atomic E-state index is 1.01. The second-order valence-electron chi connectivity index (χ2n) is 6.57. The molecule has 2 nitrogen and oxygen atoms in total. The van der Waals surface area contributed by atoms with Gasteiger partial charge in [-0.25, -0.2) is 5.26 Å². The molecule has 0 N–H and O–H groups in total. The van der Waals surface area contributed by atoms with Gasteiger partial charge in [0.25, 0.3) is 0 Å². The van der Waals surface area contributed by atoms with Gasteiger partial charge in [0, 0.05) is 13.1 Å². The van der Waals surface area contributed by atoms with Crippen LogP contribution in [0.3, 0.4) is 0 Å². The Morgan fingerprint density at radius 3 is 2.19 bits per heavy atom. The fourth-order valence-corrected chi connectivity index (χ4v) is 3.38. The zero-order valence-electron chi connectivity index (χ0n) is 14.7. The molecular formula is C19H38N2. The van der Waals surface area contributed by atoms with Crippen molar-refractivity contribution in [1.82, 2.24) is 4.90 Å². The van der Waals surface area contributed by atoms with Crippen molar-refractivity contribution in [3.63, 3.8) is 0 Å². The molecule has 0 radical (unpaired) electrons. The molecule has 1 aliphatic heterocycles. The zero-order chi connectivity index (χ0) is 15.8. The second kappa shape index (κ2) is 15.8. The van der Waals surface area contributed by atoms with Crippen LogP contribution in [0.4, 0.5) is 0 Å². The molecule has 0 aromatic rings. The summed E-state index contributed by atoms with van der Waals surface area (Å²) in [5, 5.41) is 6.50. The molecule has 0 bridgehead atoms. The smallest absolute Gasteiger partial charge is 0.0462 e. The molecule has 1 aliphatic rings. The van der Waals surface area contributed by atoms with Crippen LogP contribution in [0.15, 0.2) is 0 Å². The van der Waals surface area contributed by atoms with Crippen LogP contribution in [0.5, 0.6) is 0 Å². The van der Waals surface area contributed by atoms with Crippen LogP contribution in [0, 0.1) is 17.8 Å². The van der Waals surface area contributed by atoms with Gasteiger partial charge in [-0.2, -0.15) is 0 Å². The predicted molar refractivity (Wildman–Crippen MR) is 93.4 cm³/mol. The van der Waals surface area contributed by atoms with E-state index in [2.05, 4.69) is 25.3 Å². The first kappa shape index (κ1) is 20.5. The maximum atomic E-state index is 6.50. The van der Waals surface area contributed by atoms with E-state index < -0.39 is 0 Å². The van der Waals surface area contributed by atoms with E-state index in [1.54, 1.807) is 0 Å². The van der Waals surface area contributed by atoms with Crippen molar-refractivity contribution < 1.29 is 0 Å². The number of nitrogens with zero attached hydrogens (tertiary/aromatic N) is 2. The van der Waals surface area contributed by atoms with E-state index >= 15 is 0 Å². The first-order valence-electron chi connectivity index (χ1n) is 9.35. The van der Waals surface area contributed by atoms with Gasteiger partial charge in [0.15, 0.2) is 0 Å². The minimum atomic E-state index is 1.01. The third-order valence-electron chi connectivity index (χ3n) is 4.65. The lowest BCUT2D eigenvalue weighted by molar-refractivity contribution is 0.164. The van der Waals surface area contributed by atoms with Crippen molar-refractivity contribution in [2.24, 2.45) is 5.92 Å². The minimum Gasteiger partial charge on any atom is -0.303 e. The Labute approximate surface area is 133 Å². The van der Waals surface area contributed by atoms with Crippen molar-refractivity contribution >= 4 is 0 Å². The van der Waals surface area contributed by atoms with Crippen molar-refractivity contribution in [3.8, 4) is 6.57 Å². The summed E-state index contributed by atoms with van der Waals surface area (Å²) < 4.78 is 0. The molecule has 1 atom stereocenters. The molecule has 1 rings (SSSR count). The fourth-order valence-electron chi connectivity index (χ4n) is 3.38. The molecule has 1 saturated heterocycles. The molecule has 1 fully saturated rings. The third-order valence-corrected chi connectivity index (χ3v) is 4.65. The molecule has 1 unspecified atom stereocenters. The third kappa shape index (κ3) is 11.8. The molecule has 0 spiro atoms. The molecule has 0 aromatic heterocycles. The number of hydrogen-bond acceptors (Lipinski definition) is 2. The first-order valence-corrected chi connectivity index (χ1v) is 9.35. The molecule has 0 saturated carbocycles. The molecule has 2 heteroatoms. The Morgan fingerprint density at radius 2 is 1.52 bits per heavy atom. The molecule has 124 valence electrons. The van der Waals surface area contributed by atoms with E-state index in [9.17, 15) is 0 Å². The van der Waals surface area contributed by atoms with Crippen molar-refractivity contribution in [1.29, 1.82) is 5.26 Å². The van der Waals surface area contributed by atoms with E-state index in [0.29, 0.717) is 0 Å². The number of rotatable bonds is 11. The first-order chi connectivity index (χ1) is 10.4. The Morgan fingerprint density at radius 1 is 0.905 bits per heavy atom. The van der Waals surface area contributed by atoms with Crippen LogP contribution in [-0.4, -0.2) is 24.5 Å². The fraction of sp³-hybridized carbons (Fsp3) is 0.947. The average Bonchev–Trinajstić information content (AvgIpc) is 2.54. The highest BCUT2D eigenvalue weighted by Crippen LogP contribution is 2.22. The van der Waals surface area contributed by atoms with Crippen LogP contribution in [0.2, 0.25) is 0 Å². The number of piperidine rings is 1. The van der Waals surface area contributed by atoms with Crippen LogP contribution in [0.25, 0.3) is 0 Å². The Balaban J connectivity index is 0.00000191. The van der Waals surface area contributed by atoms with E-state index in [4.69, 9.17) is 5.26 Å². The van der Waals surface area contributed by atoms with E-state index in [1.807, 2.05) is 0 Å². The summed E-state index contributed by atoms with van der Waals surface area (Å²) in [4.78, 5) is 2.75. The van der Waals surface area contributed by atoms with Gasteiger partial charge >= 0.3 is 0 Å². The number of hydrogen-bond donors (Lipinski definition) is 0. The van der Waals surface area contributed by atoms with Crippen LogP contribution in [-0.2, 0) is 0 Å². The van der Waals surface area contributed by atoms with Gasteiger partial charge in [-0.05, 0) is 44.7 Å². The second-order valence-corrected chi connectivity index (χ2v) is 6.57. The summed E-state index contributed by atoms with van der Waals surface area (Å²) >= 11 is 0. The van der Waals surface area contributed by atoms with Gasteiger partial charge < -0.3 is 4.90 Å². The van der Waals surface area contributed by atoms with E-state index in [-0.39, 0.29) is 0 Å². The molecule has 0 amide bonds. The summed E-state index contributed by atoms with van der Waals surface area (Å²) in [5.74, 6) is 1.01. The van der Waals surface area contributed by atoms with Gasteiger partial charge in [0.05, 0.1) is 0 Å². The van der Waals surface area contributed by atoms with Gasteiger partial charge in [-0.1, -0.05) is 65.2 Å². The van der Waals surface area contributed by atoms with Gasteiger partial charge in [-0.3, -0.25) is 0 Å². The van der Waals surface area contributed by atoms with Crippen molar-refractivity contribution in [2.45, 2.75) is 90.9 Å². The summed E-state index contributed by atoms with van der Waals surface area (Å²) in [6.45, 7) is 12.3. The Kier molecular flexibility index (Phi) is 15.4. The number of likely N-dealkylation sites (tertiary alicyclic amines) is 1. The molecule has 1 heterocycles. The topological polar surface area (TPSA) is 27.0 Å². The van der Waals surface area contributed by atoms with Crippen molar-refractivity contribution in [2.75, 3.05) is 19.6 Å². The van der Waals surface area contributed by atoms with Crippen LogP contribution in [0.1, 0.15) is 90.9 Å². The molecular weight excluding hydrogens is 256 g/mol. The number of nitriles is 1. The van der Waals surface area contributed by atoms with E-state index in [1.165, 1.54) is 96.7 Å². The monoisotopic (exact) mass is 294 g/mol. The largest absolute Gasteiger partial charge is 0.303 e. The molecule has 0 aromatic carbocycles. The highest BCUT2D eigenvalue weighted by molar-refractivity contribution is 4.72. The standard InChI is InChI=1S/C18H37N.CHN/c1-3-5-7-8-9-10-11-15-19-16-12-14-18(17-19)13-6-4-2;1-2/h18H,3-17H2,1-2H3;1H. The highest BCUT2D eigenvalue weighted by Gasteiger charge is 2.18. The Bertz CT molecular complexity index is 225. The summed E-state index contributed by atoms with van der Waals surface area (Å²) in [5.41, 5.74) is 0. The lowest BCUT2D eigenvalue weighted by atomic mass is 9.92. The zero-order valence-corrected chi connectivity index (χ0v) is 14.7. The lowest BCUT2D eigenvalue weighted by Crippen LogP contribution is -2.36. The normalized spacial score (nSPS) is 19.0. The maximum Gasteiger partial charge on any atom is 0.0462 e. The summed E-state index contributed by atoms with van der Waals surface area (Å²) in [7, 11) is 0. The maximum absolute atomic E-state index is 6.50. The van der Waals surface area contributed by atoms with Gasteiger partial charge in [0.2, 0.25) is 0 Å². The quantitative estimate of drug-likeness (QED) is 0.452. The average molecular weight is 295 g/mol. The Hall–Kier alpha value is -0.550. The number of unbranched alkanes of at least 4 members (excludes halogenated alkanes) is 7. The highest BCUT2D eigenvalue weighted by atomic mass is 15.1. The predicted octanol–water partition coefficient (Wildman–Crippen LogP) is 5.78. The summed E-state index contributed by atoms with van der Waals surface area (Å²) in [6, 6.07) is 0.